The second-order valence-electron chi connectivity index (χ2n) is 6.81. The fourth-order valence-electron chi connectivity index (χ4n) is 2.90. The molecule has 8 heteroatoms. The first kappa shape index (κ1) is 23.6. The minimum atomic E-state index is -1.12. The van der Waals surface area contributed by atoms with Gasteiger partial charge in [0.1, 0.15) is 18.2 Å². The molecule has 3 rings (SSSR count). The molecule has 33 heavy (non-hydrogen) atoms. The molecule has 0 fully saturated rings. The Bertz CT molecular complexity index is 1250. The van der Waals surface area contributed by atoms with Crippen molar-refractivity contribution in [3.8, 4) is 17.6 Å². The predicted octanol–water partition coefficient (Wildman–Crippen LogP) is 5.28. The van der Waals surface area contributed by atoms with E-state index in [-0.39, 0.29) is 16.8 Å². The number of aromatic carboxylic acids is 1. The predicted molar refractivity (Wildman–Crippen MR) is 127 cm³/mol. The van der Waals surface area contributed by atoms with Crippen molar-refractivity contribution in [1.82, 2.24) is 0 Å². The minimum absolute atomic E-state index is 0.0221. The van der Waals surface area contributed by atoms with Crippen molar-refractivity contribution in [3.63, 3.8) is 0 Å². The largest absolute Gasteiger partial charge is 0.493 e. The number of amides is 1. The molecule has 3 aromatic carbocycles. The summed E-state index contributed by atoms with van der Waals surface area (Å²) in [5, 5.41) is 21.2. The number of carbonyl (C=O) groups excluding carboxylic acids is 1. The normalized spacial score (nSPS) is 10.8. The highest BCUT2D eigenvalue weighted by atomic mass is 79.9. The number of carboxylic acids is 1. The molecule has 0 atom stereocenters. The van der Waals surface area contributed by atoms with E-state index in [2.05, 4.69) is 21.2 Å². The SMILES string of the molecule is COc1cc(/C=C(/C#N)C(=O)Nc2cccc(C(=O)O)c2)c(Br)cc1OCc1ccccc1. The molecule has 3 aromatic rings. The van der Waals surface area contributed by atoms with Crippen LogP contribution in [0.5, 0.6) is 11.5 Å². The maximum atomic E-state index is 12.6. The maximum absolute atomic E-state index is 12.6. The maximum Gasteiger partial charge on any atom is 0.335 e. The van der Waals surface area contributed by atoms with E-state index in [9.17, 15) is 14.9 Å². The van der Waals surface area contributed by atoms with Crippen molar-refractivity contribution in [2.75, 3.05) is 12.4 Å². The van der Waals surface area contributed by atoms with Crippen LogP contribution in [-0.2, 0) is 11.4 Å². The van der Waals surface area contributed by atoms with E-state index < -0.39 is 11.9 Å². The standard InChI is InChI=1S/C25H19BrN2O5/c1-32-22-12-18(21(26)13-23(22)33-15-16-6-3-2-4-7-16)10-19(14-27)24(29)28-20-9-5-8-17(11-20)25(30)31/h2-13H,15H2,1H3,(H,28,29)(H,30,31)/b19-10-. The number of benzene rings is 3. The Morgan fingerprint density at radius 1 is 1.09 bits per heavy atom. The number of hydrogen-bond donors (Lipinski definition) is 2. The van der Waals surface area contributed by atoms with Gasteiger partial charge in [0.25, 0.3) is 5.91 Å². The Morgan fingerprint density at radius 3 is 2.52 bits per heavy atom. The lowest BCUT2D eigenvalue weighted by atomic mass is 10.1. The molecule has 0 heterocycles. The van der Waals surface area contributed by atoms with E-state index in [4.69, 9.17) is 14.6 Å². The minimum Gasteiger partial charge on any atom is -0.493 e. The summed E-state index contributed by atoms with van der Waals surface area (Å²) in [7, 11) is 1.50. The highest BCUT2D eigenvalue weighted by Crippen LogP contribution is 2.35. The molecule has 0 aliphatic carbocycles. The second kappa shape index (κ2) is 11.0. The zero-order valence-electron chi connectivity index (χ0n) is 17.5. The van der Waals surface area contributed by atoms with Crippen LogP contribution in [0, 0.1) is 11.3 Å². The van der Waals surface area contributed by atoms with Crippen LogP contribution < -0.4 is 14.8 Å². The van der Waals surface area contributed by atoms with E-state index in [1.54, 1.807) is 12.1 Å². The van der Waals surface area contributed by atoms with E-state index in [0.717, 1.165) is 5.56 Å². The van der Waals surface area contributed by atoms with Crippen LogP contribution in [0.25, 0.3) is 6.08 Å². The third-order valence-electron chi connectivity index (χ3n) is 4.55. The van der Waals surface area contributed by atoms with Gasteiger partial charge in [0.15, 0.2) is 11.5 Å². The third-order valence-corrected chi connectivity index (χ3v) is 5.24. The van der Waals surface area contributed by atoms with E-state index >= 15 is 0 Å². The molecular formula is C25H19BrN2O5. The fourth-order valence-corrected chi connectivity index (χ4v) is 3.34. The summed E-state index contributed by atoms with van der Waals surface area (Å²) in [6, 6.07) is 20.7. The van der Waals surface area contributed by atoms with Gasteiger partial charge >= 0.3 is 5.97 Å². The lowest BCUT2D eigenvalue weighted by Gasteiger charge is -2.13. The van der Waals surface area contributed by atoms with Gasteiger partial charge in [-0.05, 0) is 47.5 Å². The van der Waals surface area contributed by atoms with Crippen LogP contribution in [-0.4, -0.2) is 24.1 Å². The fraction of sp³-hybridized carbons (Fsp3) is 0.0800. The van der Waals surface area contributed by atoms with Crippen molar-refractivity contribution >= 4 is 39.6 Å². The number of rotatable bonds is 8. The molecule has 166 valence electrons. The van der Waals surface area contributed by atoms with Gasteiger partial charge in [-0.2, -0.15) is 5.26 Å². The lowest BCUT2D eigenvalue weighted by molar-refractivity contribution is -0.112. The number of nitrogens with one attached hydrogen (secondary N) is 1. The lowest BCUT2D eigenvalue weighted by Crippen LogP contribution is -2.14. The molecule has 2 N–H and O–H groups in total. The van der Waals surface area contributed by atoms with Crippen molar-refractivity contribution < 1.29 is 24.2 Å². The monoisotopic (exact) mass is 506 g/mol. The van der Waals surface area contributed by atoms with Crippen molar-refractivity contribution in [3.05, 3.63) is 93.5 Å². The third kappa shape index (κ3) is 6.21. The molecule has 0 bridgehead atoms. The van der Waals surface area contributed by atoms with Gasteiger partial charge in [-0.3, -0.25) is 4.79 Å². The second-order valence-corrected chi connectivity index (χ2v) is 7.66. The summed E-state index contributed by atoms with van der Waals surface area (Å²) in [4.78, 5) is 23.7. The van der Waals surface area contributed by atoms with Gasteiger partial charge in [0.05, 0.1) is 12.7 Å². The quantitative estimate of drug-likeness (QED) is 0.317. The number of carbonyl (C=O) groups is 2. The number of anilines is 1. The Kier molecular flexibility index (Phi) is 7.84. The topological polar surface area (TPSA) is 109 Å². The molecule has 0 saturated carbocycles. The number of carboxylic acid groups (broad SMARTS) is 1. The van der Waals surface area contributed by atoms with Crippen LogP contribution in [0.15, 0.2) is 76.8 Å². The first-order chi connectivity index (χ1) is 15.9. The van der Waals surface area contributed by atoms with Gasteiger partial charge in [-0.25, -0.2) is 4.79 Å². The number of nitrogens with zero attached hydrogens (tertiary/aromatic N) is 1. The number of ether oxygens (including phenoxy) is 2. The van der Waals surface area contributed by atoms with Gasteiger partial charge in [-0.15, -0.1) is 0 Å². The Morgan fingerprint density at radius 2 is 1.85 bits per heavy atom. The molecule has 0 aliphatic rings. The Labute approximate surface area is 199 Å². The van der Waals surface area contributed by atoms with E-state index in [1.807, 2.05) is 36.4 Å². The smallest absolute Gasteiger partial charge is 0.335 e. The Balaban J connectivity index is 1.82. The summed E-state index contributed by atoms with van der Waals surface area (Å²) in [6.45, 7) is 0.347. The number of methoxy groups -OCH3 is 1. The van der Waals surface area contributed by atoms with Crippen LogP contribution in [0.3, 0.4) is 0 Å². The van der Waals surface area contributed by atoms with Gasteiger partial charge in [-0.1, -0.05) is 52.3 Å². The van der Waals surface area contributed by atoms with Crippen LogP contribution >= 0.6 is 15.9 Å². The van der Waals surface area contributed by atoms with Crippen LogP contribution in [0.4, 0.5) is 5.69 Å². The molecule has 0 aliphatic heterocycles. The molecule has 0 radical (unpaired) electrons. The molecule has 1 amide bonds. The first-order valence-electron chi connectivity index (χ1n) is 9.72. The zero-order valence-corrected chi connectivity index (χ0v) is 19.1. The Hall–Kier alpha value is -4.09. The van der Waals surface area contributed by atoms with Crippen molar-refractivity contribution in [2.24, 2.45) is 0 Å². The number of nitriles is 1. The van der Waals surface area contributed by atoms with Gasteiger partial charge in [0, 0.05) is 10.2 Å². The highest BCUT2D eigenvalue weighted by Gasteiger charge is 2.15. The molecule has 0 spiro atoms. The van der Waals surface area contributed by atoms with Crippen molar-refractivity contribution in [2.45, 2.75) is 6.61 Å². The molecular weight excluding hydrogens is 488 g/mol. The molecule has 0 unspecified atom stereocenters. The zero-order chi connectivity index (χ0) is 23.8. The summed E-state index contributed by atoms with van der Waals surface area (Å²) in [5.74, 6) is -0.853. The molecule has 0 aromatic heterocycles. The number of halogens is 1. The molecule has 0 saturated heterocycles. The van der Waals surface area contributed by atoms with Crippen LogP contribution in [0.1, 0.15) is 21.5 Å². The summed E-state index contributed by atoms with van der Waals surface area (Å²) >= 11 is 3.45. The number of hydrogen-bond acceptors (Lipinski definition) is 5. The highest BCUT2D eigenvalue weighted by molar-refractivity contribution is 9.10. The van der Waals surface area contributed by atoms with Gasteiger partial charge < -0.3 is 19.9 Å². The van der Waals surface area contributed by atoms with Crippen molar-refractivity contribution in [1.29, 1.82) is 5.26 Å². The average molecular weight is 507 g/mol. The van der Waals surface area contributed by atoms with E-state index in [1.165, 1.54) is 37.5 Å². The summed E-state index contributed by atoms with van der Waals surface area (Å²) in [6.07, 6.45) is 1.41. The average Bonchev–Trinajstić information content (AvgIpc) is 2.82. The summed E-state index contributed by atoms with van der Waals surface area (Å²) in [5.41, 5.74) is 1.65. The summed E-state index contributed by atoms with van der Waals surface area (Å²) < 4.78 is 11.9. The molecule has 7 nitrogen and oxygen atoms in total. The van der Waals surface area contributed by atoms with E-state index in [0.29, 0.717) is 28.1 Å². The van der Waals surface area contributed by atoms with Gasteiger partial charge in [0.2, 0.25) is 0 Å². The van der Waals surface area contributed by atoms with Crippen LogP contribution in [0.2, 0.25) is 0 Å². The first-order valence-corrected chi connectivity index (χ1v) is 10.5.